The number of imidazole rings is 1. The fraction of sp³-hybridized carbons (Fsp3) is 0.188. The highest BCUT2D eigenvalue weighted by Gasteiger charge is 2.11. The molecule has 0 fully saturated rings. The van der Waals surface area contributed by atoms with E-state index in [1.807, 2.05) is 29.7 Å². The molecule has 0 spiro atoms. The number of nitrogens with zero attached hydrogens (tertiary/aromatic N) is 2. The van der Waals surface area contributed by atoms with Crippen molar-refractivity contribution < 1.29 is 9.13 Å². The van der Waals surface area contributed by atoms with Crippen molar-refractivity contribution in [3.8, 4) is 5.75 Å². The zero-order chi connectivity index (χ0) is 14.8. The molecule has 0 saturated carbocycles. The van der Waals surface area contributed by atoms with E-state index < -0.39 is 0 Å². The van der Waals surface area contributed by atoms with Gasteiger partial charge >= 0.3 is 0 Å². The van der Waals surface area contributed by atoms with E-state index >= 15 is 0 Å². The number of hydrogen-bond acceptors (Lipinski definition) is 3. The van der Waals surface area contributed by atoms with Crippen molar-refractivity contribution in [2.24, 2.45) is 0 Å². The van der Waals surface area contributed by atoms with Gasteiger partial charge in [0.05, 0.1) is 16.7 Å². The fourth-order valence-corrected chi connectivity index (χ4v) is 2.36. The minimum atomic E-state index is -0.267. The number of nitrogen functional groups attached to an aromatic ring is 1. The molecule has 1 heterocycles. The second kappa shape index (κ2) is 5.44. The standard InChI is InChI=1S/C16H16FN3O/c1-2-20-14-9-11(17)7-8-13(14)19-16(20)10-21-15-6-4-3-5-12(15)18/h3-9H,2,10,18H2,1H3. The number of benzene rings is 2. The summed E-state index contributed by atoms with van der Waals surface area (Å²) >= 11 is 0. The van der Waals surface area contributed by atoms with Gasteiger partial charge in [-0.2, -0.15) is 0 Å². The van der Waals surface area contributed by atoms with Crippen molar-refractivity contribution in [1.82, 2.24) is 9.55 Å². The number of rotatable bonds is 4. The lowest BCUT2D eigenvalue weighted by Gasteiger charge is -2.09. The molecular formula is C16H16FN3O. The van der Waals surface area contributed by atoms with E-state index in [1.54, 1.807) is 12.1 Å². The minimum absolute atomic E-state index is 0.267. The van der Waals surface area contributed by atoms with Crippen LogP contribution in [0.15, 0.2) is 42.5 Å². The number of anilines is 1. The second-order valence-corrected chi connectivity index (χ2v) is 4.73. The van der Waals surface area contributed by atoms with Gasteiger partial charge in [0.2, 0.25) is 0 Å². The van der Waals surface area contributed by atoms with Gasteiger partial charge in [0.1, 0.15) is 24.0 Å². The third kappa shape index (κ3) is 2.54. The van der Waals surface area contributed by atoms with Crippen LogP contribution in [0.1, 0.15) is 12.7 Å². The number of para-hydroxylation sites is 2. The van der Waals surface area contributed by atoms with Gasteiger partial charge in [0.15, 0.2) is 0 Å². The van der Waals surface area contributed by atoms with Crippen LogP contribution >= 0.6 is 0 Å². The quantitative estimate of drug-likeness (QED) is 0.748. The molecule has 0 aliphatic carbocycles. The summed E-state index contributed by atoms with van der Waals surface area (Å²) in [6.07, 6.45) is 0. The summed E-state index contributed by atoms with van der Waals surface area (Å²) < 4.78 is 21.0. The van der Waals surface area contributed by atoms with E-state index in [-0.39, 0.29) is 5.82 Å². The number of nitrogens with two attached hydrogens (primary N) is 1. The van der Waals surface area contributed by atoms with Gasteiger partial charge in [-0.1, -0.05) is 12.1 Å². The number of aromatic nitrogens is 2. The van der Waals surface area contributed by atoms with Gasteiger partial charge in [0.25, 0.3) is 0 Å². The van der Waals surface area contributed by atoms with Gasteiger partial charge in [-0.05, 0) is 37.3 Å². The zero-order valence-corrected chi connectivity index (χ0v) is 11.7. The van der Waals surface area contributed by atoms with Gasteiger partial charge in [-0.15, -0.1) is 0 Å². The maximum atomic E-state index is 13.4. The van der Waals surface area contributed by atoms with Gasteiger partial charge < -0.3 is 15.0 Å². The van der Waals surface area contributed by atoms with E-state index in [2.05, 4.69) is 4.98 Å². The molecule has 108 valence electrons. The normalized spacial score (nSPS) is 11.0. The van der Waals surface area contributed by atoms with Crippen molar-refractivity contribution >= 4 is 16.7 Å². The second-order valence-electron chi connectivity index (χ2n) is 4.73. The van der Waals surface area contributed by atoms with Crippen LogP contribution in [0, 0.1) is 5.82 Å². The monoisotopic (exact) mass is 285 g/mol. The topological polar surface area (TPSA) is 53.1 Å². The zero-order valence-electron chi connectivity index (χ0n) is 11.7. The van der Waals surface area contributed by atoms with Crippen LogP contribution in [0.2, 0.25) is 0 Å². The Kier molecular flexibility index (Phi) is 3.48. The van der Waals surface area contributed by atoms with Crippen molar-refractivity contribution in [3.05, 3.63) is 54.1 Å². The molecule has 0 aliphatic rings. The molecule has 3 aromatic rings. The van der Waals surface area contributed by atoms with E-state index in [0.29, 0.717) is 24.6 Å². The summed E-state index contributed by atoms with van der Waals surface area (Å²) in [5.74, 6) is 1.11. The number of ether oxygens (including phenoxy) is 1. The van der Waals surface area contributed by atoms with E-state index in [0.717, 1.165) is 16.9 Å². The lowest BCUT2D eigenvalue weighted by atomic mass is 10.3. The van der Waals surface area contributed by atoms with E-state index in [4.69, 9.17) is 10.5 Å². The molecule has 0 bridgehead atoms. The Morgan fingerprint density at radius 2 is 2.05 bits per heavy atom. The van der Waals surface area contributed by atoms with Crippen molar-refractivity contribution in [1.29, 1.82) is 0 Å². The van der Waals surface area contributed by atoms with Crippen LogP contribution in [0.3, 0.4) is 0 Å². The molecule has 3 rings (SSSR count). The summed E-state index contributed by atoms with van der Waals surface area (Å²) in [7, 11) is 0. The maximum Gasteiger partial charge on any atom is 0.147 e. The average Bonchev–Trinajstić information content (AvgIpc) is 2.83. The van der Waals surface area contributed by atoms with Crippen molar-refractivity contribution in [2.45, 2.75) is 20.1 Å². The SMILES string of the molecule is CCn1c(COc2ccccc2N)nc2ccc(F)cc21. The summed E-state index contributed by atoms with van der Waals surface area (Å²) in [4.78, 5) is 4.50. The van der Waals surface area contributed by atoms with Gasteiger partial charge in [0, 0.05) is 6.54 Å². The highest BCUT2D eigenvalue weighted by Crippen LogP contribution is 2.23. The summed E-state index contributed by atoms with van der Waals surface area (Å²) in [5, 5.41) is 0. The summed E-state index contributed by atoms with van der Waals surface area (Å²) in [6, 6.07) is 11.9. The molecular weight excluding hydrogens is 269 g/mol. The van der Waals surface area contributed by atoms with Crippen molar-refractivity contribution in [3.63, 3.8) is 0 Å². The van der Waals surface area contributed by atoms with Gasteiger partial charge in [-0.25, -0.2) is 9.37 Å². The third-order valence-electron chi connectivity index (χ3n) is 3.38. The average molecular weight is 285 g/mol. The Morgan fingerprint density at radius 3 is 2.81 bits per heavy atom. The molecule has 0 aliphatic heterocycles. The molecule has 2 N–H and O–H groups in total. The summed E-state index contributed by atoms with van der Waals surface area (Å²) in [6.45, 7) is 2.98. The Balaban J connectivity index is 1.92. The number of fused-ring (bicyclic) bond motifs is 1. The predicted molar refractivity (Wildman–Crippen MR) is 80.6 cm³/mol. The first-order valence-corrected chi connectivity index (χ1v) is 6.81. The molecule has 1 aromatic heterocycles. The molecule has 0 unspecified atom stereocenters. The first-order chi connectivity index (χ1) is 10.2. The molecule has 4 nitrogen and oxygen atoms in total. The molecule has 0 radical (unpaired) electrons. The van der Waals surface area contributed by atoms with Crippen LogP contribution in [0.5, 0.6) is 5.75 Å². The first-order valence-electron chi connectivity index (χ1n) is 6.81. The largest absolute Gasteiger partial charge is 0.484 e. The Bertz CT molecular complexity index is 782. The Morgan fingerprint density at radius 1 is 1.24 bits per heavy atom. The Hall–Kier alpha value is -2.56. The number of aryl methyl sites for hydroxylation is 1. The molecule has 0 amide bonds. The number of hydrogen-bond donors (Lipinski definition) is 1. The molecule has 0 saturated heterocycles. The fourth-order valence-electron chi connectivity index (χ4n) is 2.36. The maximum absolute atomic E-state index is 13.4. The Labute approximate surface area is 122 Å². The summed E-state index contributed by atoms with van der Waals surface area (Å²) in [5.41, 5.74) is 7.97. The lowest BCUT2D eigenvalue weighted by molar-refractivity contribution is 0.292. The molecule has 21 heavy (non-hydrogen) atoms. The number of halogens is 1. The van der Waals surface area contributed by atoms with Crippen LogP contribution in [0.25, 0.3) is 11.0 Å². The van der Waals surface area contributed by atoms with E-state index in [1.165, 1.54) is 12.1 Å². The lowest BCUT2D eigenvalue weighted by Crippen LogP contribution is -2.06. The predicted octanol–water partition coefficient (Wildman–Crippen LogP) is 3.36. The first kappa shape index (κ1) is 13.4. The minimum Gasteiger partial charge on any atom is -0.484 e. The van der Waals surface area contributed by atoms with Crippen LogP contribution < -0.4 is 10.5 Å². The van der Waals surface area contributed by atoms with Crippen LogP contribution in [-0.4, -0.2) is 9.55 Å². The third-order valence-corrected chi connectivity index (χ3v) is 3.38. The molecule has 2 aromatic carbocycles. The van der Waals surface area contributed by atoms with Crippen LogP contribution in [-0.2, 0) is 13.2 Å². The molecule has 5 heteroatoms. The van der Waals surface area contributed by atoms with Gasteiger partial charge in [-0.3, -0.25) is 0 Å². The smallest absolute Gasteiger partial charge is 0.147 e. The van der Waals surface area contributed by atoms with E-state index in [9.17, 15) is 4.39 Å². The van der Waals surface area contributed by atoms with Crippen molar-refractivity contribution in [2.75, 3.05) is 5.73 Å². The molecule has 0 atom stereocenters. The highest BCUT2D eigenvalue weighted by molar-refractivity contribution is 5.76. The highest BCUT2D eigenvalue weighted by atomic mass is 19.1. The van der Waals surface area contributed by atoms with Crippen LogP contribution in [0.4, 0.5) is 10.1 Å².